The van der Waals surface area contributed by atoms with Gasteiger partial charge in [0.05, 0.1) is 29.5 Å². The normalized spacial score (nSPS) is 17.0. The summed E-state index contributed by atoms with van der Waals surface area (Å²) in [5, 5.41) is 14.7. The number of aromatic nitrogens is 1. The van der Waals surface area contributed by atoms with Crippen LogP contribution in [0.25, 0.3) is 11.1 Å². The maximum atomic E-state index is 14.3. The molecule has 0 spiro atoms. The van der Waals surface area contributed by atoms with Crippen molar-refractivity contribution in [2.45, 2.75) is 47.6 Å². The van der Waals surface area contributed by atoms with E-state index >= 15 is 0 Å². The number of anilines is 2. The zero-order valence-corrected chi connectivity index (χ0v) is 25.9. The van der Waals surface area contributed by atoms with Crippen LogP contribution < -0.4 is 20.5 Å². The number of amidine groups is 1. The van der Waals surface area contributed by atoms with Gasteiger partial charge in [0.15, 0.2) is 5.84 Å². The van der Waals surface area contributed by atoms with E-state index in [2.05, 4.69) is 30.9 Å². The van der Waals surface area contributed by atoms with Gasteiger partial charge in [0, 0.05) is 24.8 Å². The van der Waals surface area contributed by atoms with E-state index in [9.17, 15) is 22.9 Å². The molecule has 41 heavy (non-hydrogen) atoms. The molecule has 1 aliphatic heterocycles. The van der Waals surface area contributed by atoms with Crippen LogP contribution in [0.1, 0.15) is 46.6 Å². The quantitative estimate of drug-likeness (QED) is 0.324. The second-order valence-electron chi connectivity index (χ2n) is 11.1. The summed E-state index contributed by atoms with van der Waals surface area (Å²) in [5.41, 5.74) is 1.11. The van der Waals surface area contributed by atoms with E-state index in [1.807, 2.05) is 30.3 Å². The fourth-order valence-electron chi connectivity index (χ4n) is 4.67. The second-order valence-corrected chi connectivity index (χ2v) is 15.0. The van der Waals surface area contributed by atoms with Gasteiger partial charge in [0.25, 0.3) is 5.56 Å². The van der Waals surface area contributed by atoms with Gasteiger partial charge in [-0.2, -0.15) is 4.76 Å². The maximum absolute atomic E-state index is 14.3. The van der Waals surface area contributed by atoms with Crippen LogP contribution in [0.2, 0.25) is 0 Å². The van der Waals surface area contributed by atoms with E-state index < -0.39 is 23.1 Å². The molecule has 12 heteroatoms. The lowest BCUT2D eigenvalue weighted by atomic mass is 9.92. The Morgan fingerprint density at radius 2 is 1.80 bits per heavy atom. The minimum Gasteiger partial charge on any atom is -0.506 e. The molecule has 1 aromatic heterocycles. The van der Waals surface area contributed by atoms with Crippen molar-refractivity contribution in [3.05, 3.63) is 70.6 Å². The molecule has 1 unspecified atom stereocenters. The number of pyridine rings is 1. The molecule has 0 fully saturated rings. The number of aryl methyl sites for hydroxylation is 1. The SMILES string of the molecule is CCOP1(=O)N=C(c2c(O)c(-c3ccccc3)cn(CCC(C)(C)C)c2=O)Nc2ccc(N(CC)S(C)(=O)=O)cc21. The van der Waals surface area contributed by atoms with Crippen LogP contribution in [0, 0.1) is 5.41 Å². The van der Waals surface area contributed by atoms with E-state index in [0.717, 1.165) is 6.26 Å². The van der Waals surface area contributed by atoms with Crippen molar-refractivity contribution >= 4 is 40.1 Å². The molecule has 0 bridgehead atoms. The highest BCUT2D eigenvalue weighted by Gasteiger charge is 2.37. The molecule has 1 aliphatic rings. The van der Waals surface area contributed by atoms with Crippen LogP contribution in [0.3, 0.4) is 0 Å². The predicted octanol–water partition coefficient (Wildman–Crippen LogP) is 5.17. The molecular weight excluding hydrogens is 563 g/mol. The van der Waals surface area contributed by atoms with Crippen molar-refractivity contribution in [3.63, 3.8) is 0 Å². The molecule has 2 aromatic carbocycles. The zero-order chi connectivity index (χ0) is 30.2. The molecule has 3 aromatic rings. The Balaban J connectivity index is 1.93. The van der Waals surface area contributed by atoms with Gasteiger partial charge in [-0.15, -0.1) is 0 Å². The molecule has 0 saturated carbocycles. The van der Waals surface area contributed by atoms with Gasteiger partial charge in [-0.1, -0.05) is 51.1 Å². The average Bonchev–Trinajstić information content (AvgIpc) is 2.88. The molecule has 2 N–H and O–H groups in total. The number of hydrogen-bond acceptors (Lipinski definition) is 7. The third-order valence-electron chi connectivity index (χ3n) is 6.73. The van der Waals surface area contributed by atoms with Crippen molar-refractivity contribution in [1.82, 2.24) is 4.57 Å². The van der Waals surface area contributed by atoms with E-state index in [-0.39, 0.29) is 41.0 Å². The summed E-state index contributed by atoms with van der Waals surface area (Å²) in [6, 6.07) is 13.8. The summed E-state index contributed by atoms with van der Waals surface area (Å²) in [6.45, 7) is 10.2. The Morgan fingerprint density at radius 3 is 2.39 bits per heavy atom. The highest BCUT2D eigenvalue weighted by molar-refractivity contribution is 7.92. The van der Waals surface area contributed by atoms with Crippen LogP contribution in [-0.4, -0.2) is 43.3 Å². The first-order valence-corrected chi connectivity index (χ1v) is 16.9. The Hall–Kier alpha value is -3.40. The number of nitrogens with zero attached hydrogens (tertiary/aromatic N) is 3. The molecule has 220 valence electrons. The van der Waals surface area contributed by atoms with Crippen molar-refractivity contribution in [1.29, 1.82) is 0 Å². The molecule has 0 aliphatic carbocycles. The number of aromatic hydroxyl groups is 1. The van der Waals surface area contributed by atoms with Gasteiger partial charge in [0.1, 0.15) is 11.3 Å². The molecular formula is C29H37N4O6PS. The van der Waals surface area contributed by atoms with Gasteiger partial charge < -0.3 is 19.5 Å². The summed E-state index contributed by atoms with van der Waals surface area (Å²) in [7, 11) is -7.59. The summed E-state index contributed by atoms with van der Waals surface area (Å²) in [6.07, 6.45) is 3.43. The van der Waals surface area contributed by atoms with Crippen LogP contribution in [0.5, 0.6) is 5.75 Å². The van der Waals surface area contributed by atoms with Gasteiger partial charge in [0.2, 0.25) is 10.0 Å². The molecule has 2 heterocycles. The molecule has 0 amide bonds. The third kappa shape index (κ3) is 6.42. The lowest BCUT2D eigenvalue weighted by molar-refractivity contribution is 0.341. The van der Waals surface area contributed by atoms with Crippen LogP contribution in [0.15, 0.2) is 64.3 Å². The first-order chi connectivity index (χ1) is 19.2. The first kappa shape index (κ1) is 30.6. The maximum Gasteiger partial charge on any atom is 0.348 e. The molecule has 0 radical (unpaired) electrons. The lowest BCUT2D eigenvalue weighted by Gasteiger charge is -2.28. The number of rotatable bonds is 9. The monoisotopic (exact) mass is 600 g/mol. The number of fused-ring (bicyclic) bond motifs is 1. The molecule has 0 saturated heterocycles. The van der Waals surface area contributed by atoms with Crippen LogP contribution in [-0.2, 0) is 25.7 Å². The minimum absolute atomic E-state index is 0.0488. The number of sulfonamides is 1. The van der Waals surface area contributed by atoms with E-state index in [1.165, 1.54) is 10.4 Å². The highest BCUT2D eigenvalue weighted by Crippen LogP contribution is 2.52. The average molecular weight is 601 g/mol. The number of hydrogen-bond donors (Lipinski definition) is 2. The van der Waals surface area contributed by atoms with E-state index in [1.54, 1.807) is 36.7 Å². The molecule has 4 rings (SSSR count). The smallest absolute Gasteiger partial charge is 0.348 e. The summed E-state index contributed by atoms with van der Waals surface area (Å²) in [5.74, 6) is -0.376. The highest BCUT2D eigenvalue weighted by atomic mass is 32.2. The third-order valence-corrected chi connectivity index (χ3v) is 10.0. The van der Waals surface area contributed by atoms with E-state index in [0.29, 0.717) is 35.5 Å². The van der Waals surface area contributed by atoms with Crippen molar-refractivity contribution in [3.8, 4) is 16.9 Å². The van der Waals surface area contributed by atoms with Crippen LogP contribution >= 0.6 is 7.52 Å². The summed E-state index contributed by atoms with van der Waals surface area (Å²) < 4.78 is 51.8. The second kappa shape index (κ2) is 11.5. The Morgan fingerprint density at radius 1 is 1.12 bits per heavy atom. The fraction of sp³-hybridized carbons (Fsp3) is 0.379. The van der Waals surface area contributed by atoms with Crippen molar-refractivity contribution in [2.24, 2.45) is 10.2 Å². The lowest BCUT2D eigenvalue weighted by Crippen LogP contribution is -2.35. The fourth-order valence-corrected chi connectivity index (χ4v) is 7.43. The topological polar surface area (TPSA) is 130 Å². The van der Waals surface area contributed by atoms with E-state index in [4.69, 9.17) is 4.52 Å². The van der Waals surface area contributed by atoms with Gasteiger partial charge >= 0.3 is 7.52 Å². The Labute approximate surface area is 241 Å². The number of nitrogens with one attached hydrogen (secondary N) is 1. The Kier molecular flexibility index (Phi) is 8.55. The number of benzene rings is 2. The summed E-state index contributed by atoms with van der Waals surface area (Å²) >= 11 is 0. The molecule has 10 nitrogen and oxygen atoms in total. The minimum atomic E-state index is -3.99. The zero-order valence-electron chi connectivity index (χ0n) is 24.2. The summed E-state index contributed by atoms with van der Waals surface area (Å²) in [4.78, 5) is 13.8. The van der Waals surface area contributed by atoms with Crippen molar-refractivity contribution < 1.29 is 22.6 Å². The molecule has 1 atom stereocenters. The standard InChI is InChI=1S/C29H37N4O6PS/c1-7-33(41(6,37)38)21-14-15-23-24(18-21)40(36,39-8-2)31-27(30-23)25-26(34)22(20-12-10-9-11-13-20)19-32(28(25)35)17-16-29(3,4)5/h9-15,18-19,34H,7-8,16-17H2,1-6H3,(H,30,31,36). The van der Waals surface area contributed by atoms with Crippen LogP contribution in [0.4, 0.5) is 11.4 Å². The van der Waals surface area contributed by atoms with Gasteiger partial charge in [-0.05, 0) is 49.4 Å². The Bertz CT molecular complexity index is 1690. The van der Waals surface area contributed by atoms with Gasteiger partial charge in [-0.25, -0.2) is 8.42 Å². The largest absolute Gasteiger partial charge is 0.506 e. The first-order valence-electron chi connectivity index (χ1n) is 13.4. The van der Waals surface area contributed by atoms with Gasteiger partial charge in [-0.3, -0.25) is 13.7 Å². The van der Waals surface area contributed by atoms with Crippen molar-refractivity contribution in [2.75, 3.05) is 29.0 Å². The predicted molar refractivity (Wildman–Crippen MR) is 165 cm³/mol.